The Morgan fingerprint density at radius 1 is 1.11 bits per heavy atom. The molecular weight excluding hydrogens is 236 g/mol. The molecule has 2 rings (SSSR count). The van der Waals surface area contributed by atoms with Crippen LogP contribution in [0.5, 0.6) is 5.75 Å². The van der Waals surface area contributed by atoms with Crippen molar-refractivity contribution < 1.29 is 9.84 Å². The molecule has 0 saturated heterocycles. The van der Waals surface area contributed by atoms with Crippen molar-refractivity contribution in [2.45, 2.75) is 25.9 Å². The zero-order valence-electron chi connectivity index (χ0n) is 11.7. The molecule has 0 aliphatic heterocycles. The van der Waals surface area contributed by atoms with E-state index >= 15 is 0 Å². The fraction of sp³-hybridized carbons (Fsp3) is 0.294. The van der Waals surface area contributed by atoms with Crippen LogP contribution in [0.1, 0.15) is 30.5 Å². The highest BCUT2D eigenvalue weighted by molar-refractivity contribution is 5.44. The number of benzene rings is 2. The van der Waals surface area contributed by atoms with Crippen LogP contribution in [-0.2, 0) is 12.0 Å². The second kappa shape index (κ2) is 5.45. The first-order valence-corrected chi connectivity index (χ1v) is 6.55. The van der Waals surface area contributed by atoms with Gasteiger partial charge in [-0.05, 0) is 30.5 Å². The third kappa shape index (κ3) is 2.64. The van der Waals surface area contributed by atoms with Gasteiger partial charge in [0.2, 0.25) is 0 Å². The first-order chi connectivity index (χ1) is 9.09. The largest absolute Gasteiger partial charge is 0.496 e. The number of para-hydroxylation sites is 1. The van der Waals surface area contributed by atoms with E-state index < -0.39 is 5.60 Å². The lowest BCUT2D eigenvalue weighted by molar-refractivity contribution is 0.0989. The maximum atomic E-state index is 10.9. The molecule has 0 fully saturated rings. The quantitative estimate of drug-likeness (QED) is 0.907. The van der Waals surface area contributed by atoms with E-state index in [0.29, 0.717) is 5.75 Å². The van der Waals surface area contributed by atoms with Crippen LogP contribution in [0.3, 0.4) is 0 Å². The lowest BCUT2D eigenvalue weighted by atomic mass is 9.86. The van der Waals surface area contributed by atoms with Gasteiger partial charge in [0.1, 0.15) is 11.4 Å². The van der Waals surface area contributed by atoms with Gasteiger partial charge >= 0.3 is 0 Å². The molecule has 1 atom stereocenters. The first-order valence-electron chi connectivity index (χ1n) is 6.55. The van der Waals surface area contributed by atoms with E-state index in [2.05, 4.69) is 13.0 Å². The van der Waals surface area contributed by atoms with E-state index in [1.807, 2.05) is 42.5 Å². The molecule has 2 aromatic rings. The maximum Gasteiger partial charge on any atom is 0.125 e. The third-order valence-electron chi connectivity index (χ3n) is 3.53. The molecule has 0 bridgehead atoms. The highest BCUT2D eigenvalue weighted by Gasteiger charge is 2.28. The summed E-state index contributed by atoms with van der Waals surface area (Å²) >= 11 is 0. The summed E-state index contributed by atoms with van der Waals surface area (Å²) in [6.07, 6.45) is 0.954. The van der Waals surface area contributed by atoms with E-state index in [9.17, 15) is 5.11 Å². The minimum Gasteiger partial charge on any atom is -0.496 e. The third-order valence-corrected chi connectivity index (χ3v) is 3.53. The number of aliphatic hydroxyl groups is 1. The molecule has 1 N–H and O–H groups in total. The van der Waals surface area contributed by atoms with E-state index in [4.69, 9.17) is 4.74 Å². The van der Waals surface area contributed by atoms with Gasteiger partial charge in [-0.3, -0.25) is 0 Å². The Balaban J connectivity index is 2.51. The average molecular weight is 256 g/mol. The van der Waals surface area contributed by atoms with Gasteiger partial charge < -0.3 is 9.84 Å². The molecule has 19 heavy (non-hydrogen) atoms. The predicted molar refractivity (Wildman–Crippen MR) is 77.5 cm³/mol. The zero-order chi connectivity index (χ0) is 13.9. The summed E-state index contributed by atoms with van der Waals surface area (Å²) in [5.41, 5.74) is 1.83. The van der Waals surface area contributed by atoms with Crippen molar-refractivity contribution in [3.63, 3.8) is 0 Å². The van der Waals surface area contributed by atoms with E-state index in [0.717, 1.165) is 17.5 Å². The van der Waals surface area contributed by atoms with Crippen molar-refractivity contribution in [2.24, 2.45) is 0 Å². The summed E-state index contributed by atoms with van der Waals surface area (Å²) in [5.74, 6) is 0.703. The topological polar surface area (TPSA) is 29.5 Å². The zero-order valence-corrected chi connectivity index (χ0v) is 11.7. The molecule has 0 aliphatic rings. The van der Waals surface area contributed by atoms with Gasteiger partial charge in [-0.1, -0.05) is 49.4 Å². The molecule has 0 heterocycles. The van der Waals surface area contributed by atoms with Crippen molar-refractivity contribution in [3.8, 4) is 5.75 Å². The SMILES string of the molecule is CCc1cccc(C(C)(O)c2ccccc2OC)c1. The molecule has 0 spiro atoms. The molecule has 2 heteroatoms. The number of methoxy groups -OCH3 is 1. The van der Waals surface area contributed by atoms with Crippen molar-refractivity contribution in [1.82, 2.24) is 0 Å². The first kappa shape index (κ1) is 13.6. The molecule has 0 aliphatic carbocycles. The molecule has 1 unspecified atom stereocenters. The average Bonchev–Trinajstić information content (AvgIpc) is 2.47. The van der Waals surface area contributed by atoms with Crippen molar-refractivity contribution >= 4 is 0 Å². The number of hydrogen-bond donors (Lipinski definition) is 1. The normalized spacial score (nSPS) is 13.9. The van der Waals surface area contributed by atoms with Gasteiger partial charge in [-0.15, -0.1) is 0 Å². The van der Waals surface area contributed by atoms with Crippen molar-refractivity contribution in [1.29, 1.82) is 0 Å². The Bertz CT molecular complexity index is 559. The number of ether oxygens (including phenoxy) is 1. The molecule has 0 aromatic heterocycles. The summed E-state index contributed by atoms with van der Waals surface area (Å²) in [6.45, 7) is 3.91. The van der Waals surface area contributed by atoms with Gasteiger partial charge in [0.25, 0.3) is 0 Å². The smallest absolute Gasteiger partial charge is 0.125 e. The number of hydrogen-bond acceptors (Lipinski definition) is 2. The highest BCUT2D eigenvalue weighted by Crippen LogP contribution is 2.35. The standard InChI is InChI=1S/C17H20O2/c1-4-13-8-7-9-14(12-13)17(2,18)15-10-5-6-11-16(15)19-3/h5-12,18H,4H2,1-3H3. The van der Waals surface area contributed by atoms with Gasteiger partial charge in [-0.2, -0.15) is 0 Å². The van der Waals surface area contributed by atoms with Crippen LogP contribution in [0.4, 0.5) is 0 Å². The Labute approximate surface area is 114 Å². The van der Waals surface area contributed by atoms with Crippen LogP contribution in [-0.4, -0.2) is 12.2 Å². The molecule has 0 saturated carbocycles. The summed E-state index contributed by atoms with van der Waals surface area (Å²) in [5, 5.41) is 10.9. The van der Waals surface area contributed by atoms with Crippen LogP contribution in [0.2, 0.25) is 0 Å². The minimum absolute atomic E-state index is 0.703. The molecule has 2 aromatic carbocycles. The van der Waals surface area contributed by atoms with Gasteiger partial charge in [0, 0.05) is 5.56 Å². The van der Waals surface area contributed by atoms with Gasteiger partial charge in [-0.25, -0.2) is 0 Å². The number of aryl methyl sites for hydroxylation is 1. The van der Waals surface area contributed by atoms with Crippen LogP contribution in [0.25, 0.3) is 0 Å². The number of rotatable bonds is 4. The van der Waals surface area contributed by atoms with E-state index in [1.54, 1.807) is 14.0 Å². The maximum absolute atomic E-state index is 10.9. The van der Waals surface area contributed by atoms with Crippen LogP contribution >= 0.6 is 0 Å². The Hall–Kier alpha value is -1.80. The second-order valence-electron chi connectivity index (χ2n) is 4.83. The van der Waals surface area contributed by atoms with Gasteiger partial charge in [0.05, 0.1) is 7.11 Å². The van der Waals surface area contributed by atoms with Crippen LogP contribution in [0.15, 0.2) is 48.5 Å². The Kier molecular flexibility index (Phi) is 3.91. The Morgan fingerprint density at radius 2 is 1.84 bits per heavy atom. The molecular formula is C17H20O2. The van der Waals surface area contributed by atoms with Gasteiger partial charge in [0.15, 0.2) is 0 Å². The Morgan fingerprint density at radius 3 is 2.53 bits per heavy atom. The summed E-state index contributed by atoms with van der Waals surface area (Å²) in [6, 6.07) is 15.6. The van der Waals surface area contributed by atoms with E-state index in [1.165, 1.54) is 5.56 Å². The van der Waals surface area contributed by atoms with Crippen LogP contribution in [0, 0.1) is 0 Å². The molecule has 0 radical (unpaired) electrons. The lowest BCUT2D eigenvalue weighted by Gasteiger charge is -2.26. The summed E-state index contributed by atoms with van der Waals surface area (Å²) in [7, 11) is 1.62. The molecule has 2 nitrogen and oxygen atoms in total. The fourth-order valence-corrected chi connectivity index (χ4v) is 2.30. The predicted octanol–water partition coefficient (Wildman–Crippen LogP) is 3.51. The second-order valence-corrected chi connectivity index (χ2v) is 4.83. The molecule has 0 amide bonds. The summed E-state index contributed by atoms with van der Waals surface area (Å²) in [4.78, 5) is 0. The fourth-order valence-electron chi connectivity index (χ4n) is 2.30. The lowest BCUT2D eigenvalue weighted by Crippen LogP contribution is -2.23. The summed E-state index contributed by atoms with van der Waals surface area (Å²) < 4.78 is 5.35. The minimum atomic E-state index is -1.06. The van der Waals surface area contributed by atoms with Crippen molar-refractivity contribution in [2.75, 3.05) is 7.11 Å². The van der Waals surface area contributed by atoms with Crippen LogP contribution < -0.4 is 4.74 Å². The molecule has 100 valence electrons. The van der Waals surface area contributed by atoms with E-state index in [-0.39, 0.29) is 0 Å². The highest BCUT2D eigenvalue weighted by atomic mass is 16.5. The monoisotopic (exact) mass is 256 g/mol. The van der Waals surface area contributed by atoms with Crippen molar-refractivity contribution in [3.05, 3.63) is 65.2 Å².